The number of carbonyl (C=O) groups excluding carboxylic acids is 2. The summed E-state index contributed by atoms with van der Waals surface area (Å²) in [5.74, 6) is -0.591. The summed E-state index contributed by atoms with van der Waals surface area (Å²) in [6.45, 7) is 8.69. The molecule has 30 heavy (non-hydrogen) atoms. The zero-order valence-electron chi connectivity index (χ0n) is 18.2. The second-order valence-electron chi connectivity index (χ2n) is 7.05. The van der Waals surface area contributed by atoms with Crippen LogP contribution >= 0.6 is 0 Å². The first-order chi connectivity index (χ1) is 14.3. The SMILES string of the molecule is CCN(CC)C(=O)c1cccc(NC(=O)C(C)NC(C)c2ccc(OC)c(F)c2)c1. The van der Waals surface area contributed by atoms with Crippen LogP contribution in [-0.2, 0) is 4.79 Å². The van der Waals surface area contributed by atoms with E-state index in [4.69, 9.17) is 4.74 Å². The van der Waals surface area contributed by atoms with Crippen LogP contribution in [0.2, 0.25) is 0 Å². The summed E-state index contributed by atoms with van der Waals surface area (Å²) in [6.07, 6.45) is 0. The van der Waals surface area contributed by atoms with Crippen LogP contribution in [0.3, 0.4) is 0 Å². The number of hydrogen-bond acceptors (Lipinski definition) is 4. The standard InChI is InChI=1S/C23H30FN3O3/c1-6-27(7-2)23(29)18-9-8-10-19(13-18)26-22(28)16(4)25-15(3)17-11-12-21(30-5)20(24)14-17/h8-16,25H,6-7H2,1-5H3,(H,26,28). The molecule has 0 spiro atoms. The maximum Gasteiger partial charge on any atom is 0.253 e. The van der Waals surface area contributed by atoms with Gasteiger partial charge >= 0.3 is 0 Å². The number of anilines is 1. The highest BCUT2D eigenvalue weighted by molar-refractivity contribution is 5.98. The monoisotopic (exact) mass is 415 g/mol. The molecule has 0 bridgehead atoms. The van der Waals surface area contributed by atoms with Gasteiger partial charge in [0.25, 0.3) is 5.91 Å². The van der Waals surface area contributed by atoms with Crippen LogP contribution in [-0.4, -0.2) is 43.0 Å². The number of methoxy groups -OCH3 is 1. The van der Waals surface area contributed by atoms with Gasteiger partial charge in [0.05, 0.1) is 13.2 Å². The summed E-state index contributed by atoms with van der Waals surface area (Å²) in [4.78, 5) is 26.8. The van der Waals surface area contributed by atoms with Crippen molar-refractivity contribution in [1.29, 1.82) is 0 Å². The molecule has 0 aliphatic rings. The van der Waals surface area contributed by atoms with Gasteiger partial charge in [0, 0.05) is 30.4 Å². The van der Waals surface area contributed by atoms with Crippen LogP contribution in [0.15, 0.2) is 42.5 Å². The molecule has 6 nitrogen and oxygen atoms in total. The number of amides is 2. The minimum atomic E-state index is -0.535. The molecule has 0 heterocycles. The fourth-order valence-corrected chi connectivity index (χ4v) is 3.17. The van der Waals surface area contributed by atoms with Crippen molar-refractivity contribution in [3.63, 3.8) is 0 Å². The highest BCUT2D eigenvalue weighted by Gasteiger charge is 2.18. The molecule has 2 unspecified atom stereocenters. The Labute approximate surface area is 177 Å². The second-order valence-corrected chi connectivity index (χ2v) is 7.05. The van der Waals surface area contributed by atoms with Crippen molar-refractivity contribution in [3.05, 3.63) is 59.4 Å². The van der Waals surface area contributed by atoms with Gasteiger partial charge in [0.15, 0.2) is 11.6 Å². The van der Waals surface area contributed by atoms with Gasteiger partial charge in [-0.3, -0.25) is 14.9 Å². The molecule has 0 fully saturated rings. The van der Waals surface area contributed by atoms with E-state index in [1.54, 1.807) is 48.2 Å². The summed E-state index contributed by atoms with van der Waals surface area (Å²) in [5.41, 5.74) is 1.79. The predicted molar refractivity (Wildman–Crippen MR) is 116 cm³/mol. The van der Waals surface area contributed by atoms with Gasteiger partial charge < -0.3 is 15.0 Å². The van der Waals surface area contributed by atoms with E-state index in [-0.39, 0.29) is 23.6 Å². The summed E-state index contributed by atoms with van der Waals surface area (Å²) >= 11 is 0. The number of carbonyl (C=O) groups is 2. The van der Waals surface area contributed by atoms with Gasteiger partial charge in [0.1, 0.15) is 0 Å². The smallest absolute Gasteiger partial charge is 0.253 e. The normalized spacial score (nSPS) is 12.7. The fraction of sp³-hybridized carbons (Fsp3) is 0.391. The molecular weight excluding hydrogens is 385 g/mol. The van der Waals surface area contributed by atoms with Crippen molar-refractivity contribution in [2.75, 3.05) is 25.5 Å². The van der Waals surface area contributed by atoms with E-state index < -0.39 is 11.9 Å². The third-order valence-corrected chi connectivity index (χ3v) is 5.00. The number of ether oxygens (including phenoxy) is 1. The van der Waals surface area contributed by atoms with Gasteiger partial charge in [-0.05, 0) is 63.6 Å². The number of nitrogens with zero attached hydrogens (tertiary/aromatic N) is 1. The number of halogens is 1. The number of hydrogen-bond donors (Lipinski definition) is 2. The zero-order chi connectivity index (χ0) is 22.3. The Hall–Kier alpha value is -2.93. The molecule has 0 saturated heterocycles. The molecule has 0 aliphatic carbocycles. The van der Waals surface area contributed by atoms with Crippen molar-refractivity contribution in [1.82, 2.24) is 10.2 Å². The molecule has 0 aliphatic heterocycles. The highest BCUT2D eigenvalue weighted by Crippen LogP contribution is 2.22. The van der Waals surface area contributed by atoms with E-state index in [2.05, 4.69) is 10.6 Å². The summed E-state index contributed by atoms with van der Waals surface area (Å²) in [7, 11) is 1.41. The lowest BCUT2D eigenvalue weighted by Crippen LogP contribution is -2.39. The maximum absolute atomic E-state index is 13.9. The topological polar surface area (TPSA) is 70.7 Å². The molecule has 0 saturated carbocycles. The quantitative estimate of drug-likeness (QED) is 0.650. The van der Waals surface area contributed by atoms with E-state index in [1.165, 1.54) is 13.2 Å². The maximum atomic E-state index is 13.9. The molecule has 2 atom stereocenters. The molecule has 0 aromatic heterocycles. The van der Waals surface area contributed by atoms with Gasteiger partial charge in [-0.15, -0.1) is 0 Å². The van der Waals surface area contributed by atoms with Gasteiger partial charge in [-0.2, -0.15) is 0 Å². The molecule has 2 aromatic carbocycles. The lowest BCUT2D eigenvalue weighted by atomic mass is 10.1. The Kier molecular flexibility index (Phi) is 8.35. The van der Waals surface area contributed by atoms with E-state index in [1.807, 2.05) is 20.8 Å². The molecular formula is C23H30FN3O3. The average molecular weight is 416 g/mol. The largest absolute Gasteiger partial charge is 0.494 e. The minimum absolute atomic E-state index is 0.0718. The van der Waals surface area contributed by atoms with Crippen LogP contribution < -0.4 is 15.4 Å². The Bertz CT molecular complexity index is 884. The predicted octanol–water partition coefficient (Wildman–Crippen LogP) is 3.99. The Morgan fingerprint density at radius 2 is 1.80 bits per heavy atom. The van der Waals surface area contributed by atoms with Crippen molar-refractivity contribution in [2.45, 2.75) is 39.8 Å². The van der Waals surface area contributed by atoms with Gasteiger partial charge in [0.2, 0.25) is 5.91 Å². The molecule has 162 valence electrons. The van der Waals surface area contributed by atoms with Crippen molar-refractivity contribution >= 4 is 17.5 Å². The third-order valence-electron chi connectivity index (χ3n) is 5.00. The molecule has 2 aromatic rings. The first-order valence-electron chi connectivity index (χ1n) is 10.1. The summed E-state index contributed by atoms with van der Waals surface area (Å²) in [5, 5.41) is 5.99. The second kappa shape index (κ2) is 10.7. The van der Waals surface area contributed by atoms with Crippen molar-refractivity contribution in [3.8, 4) is 5.75 Å². The first kappa shape index (κ1) is 23.3. The molecule has 2 N–H and O–H groups in total. The Balaban J connectivity index is 2.02. The van der Waals surface area contributed by atoms with Gasteiger partial charge in [-0.1, -0.05) is 12.1 Å². The van der Waals surface area contributed by atoms with Crippen molar-refractivity contribution < 1.29 is 18.7 Å². The van der Waals surface area contributed by atoms with Crippen LogP contribution in [0.4, 0.5) is 10.1 Å². The van der Waals surface area contributed by atoms with Crippen molar-refractivity contribution in [2.24, 2.45) is 0 Å². The number of benzene rings is 2. The molecule has 7 heteroatoms. The Morgan fingerprint density at radius 3 is 2.40 bits per heavy atom. The molecule has 2 amide bonds. The van der Waals surface area contributed by atoms with E-state index in [9.17, 15) is 14.0 Å². The first-order valence-corrected chi connectivity index (χ1v) is 10.1. The average Bonchev–Trinajstić information content (AvgIpc) is 2.74. The van der Waals surface area contributed by atoms with E-state index >= 15 is 0 Å². The number of nitrogens with one attached hydrogen (secondary N) is 2. The fourth-order valence-electron chi connectivity index (χ4n) is 3.17. The highest BCUT2D eigenvalue weighted by atomic mass is 19.1. The van der Waals surface area contributed by atoms with Gasteiger partial charge in [-0.25, -0.2) is 4.39 Å². The third kappa shape index (κ3) is 5.79. The molecule has 2 rings (SSSR count). The zero-order valence-corrected chi connectivity index (χ0v) is 18.2. The van der Waals surface area contributed by atoms with Crippen LogP contribution in [0.25, 0.3) is 0 Å². The van der Waals surface area contributed by atoms with E-state index in [0.717, 1.165) is 0 Å². The summed E-state index contributed by atoms with van der Waals surface area (Å²) in [6, 6.07) is 10.8. The minimum Gasteiger partial charge on any atom is -0.494 e. The van der Waals surface area contributed by atoms with Crippen LogP contribution in [0, 0.1) is 5.82 Å². The molecule has 0 radical (unpaired) electrons. The van der Waals surface area contributed by atoms with Crippen LogP contribution in [0.5, 0.6) is 5.75 Å². The summed E-state index contributed by atoms with van der Waals surface area (Å²) < 4.78 is 18.9. The Morgan fingerprint density at radius 1 is 1.10 bits per heavy atom. The lowest BCUT2D eigenvalue weighted by molar-refractivity contribution is -0.117. The van der Waals surface area contributed by atoms with Crippen LogP contribution in [0.1, 0.15) is 49.7 Å². The number of rotatable bonds is 9. The lowest BCUT2D eigenvalue weighted by Gasteiger charge is -2.21. The van der Waals surface area contributed by atoms with E-state index in [0.29, 0.717) is 29.9 Å².